The van der Waals surface area contributed by atoms with Crippen LogP contribution in [0.3, 0.4) is 0 Å². The third kappa shape index (κ3) is 3.27. The molecular formula is C20H22N6O3. The van der Waals surface area contributed by atoms with Gasteiger partial charge in [0.05, 0.1) is 23.8 Å². The van der Waals surface area contributed by atoms with E-state index in [9.17, 15) is 4.79 Å². The van der Waals surface area contributed by atoms with Crippen LogP contribution >= 0.6 is 0 Å². The third-order valence-corrected chi connectivity index (χ3v) is 5.51. The molecule has 0 saturated carbocycles. The van der Waals surface area contributed by atoms with Gasteiger partial charge in [0.25, 0.3) is 0 Å². The van der Waals surface area contributed by atoms with Gasteiger partial charge in [0.1, 0.15) is 5.82 Å². The first kappa shape index (κ1) is 17.9. The van der Waals surface area contributed by atoms with Gasteiger partial charge in [-0.25, -0.2) is 19.4 Å². The Hall–Kier alpha value is -3.20. The number of nitrogens with zero attached hydrogens (tertiary/aromatic N) is 5. The SMILES string of the molecule is CCn1ncc2c(N3CC4CCC(C3)O4)nc(-c3ccc(NC(=O)O)cc3)nc21. The second-order valence-corrected chi connectivity index (χ2v) is 7.44. The predicted octanol–water partition coefficient (Wildman–Crippen LogP) is 2.97. The van der Waals surface area contributed by atoms with Crippen LogP contribution in [-0.4, -0.2) is 56.2 Å². The maximum Gasteiger partial charge on any atom is 0.409 e. The van der Waals surface area contributed by atoms with Crippen molar-refractivity contribution in [3.05, 3.63) is 30.5 Å². The minimum atomic E-state index is -1.09. The monoisotopic (exact) mass is 394 g/mol. The molecule has 2 N–H and O–H groups in total. The van der Waals surface area contributed by atoms with Crippen LogP contribution in [0.15, 0.2) is 30.5 Å². The van der Waals surface area contributed by atoms with Crippen LogP contribution in [0.5, 0.6) is 0 Å². The Kier molecular flexibility index (Phi) is 4.31. The Balaban J connectivity index is 1.58. The molecule has 9 heteroatoms. The zero-order chi connectivity index (χ0) is 20.0. The average molecular weight is 394 g/mol. The van der Waals surface area contributed by atoms with E-state index < -0.39 is 6.09 Å². The lowest BCUT2D eigenvalue weighted by Crippen LogP contribution is -2.43. The van der Waals surface area contributed by atoms with Crippen molar-refractivity contribution < 1.29 is 14.6 Å². The molecule has 1 aromatic carbocycles. The lowest BCUT2D eigenvalue weighted by atomic mass is 10.2. The number of amides is 1. The molecule has 2 aliphatic rings. The molecule has 3 aromatic rings. The molecule has 0 radical (unpaired) electrons. The van der Waals surface area contributed by atoms with Gasteiger partial charge in [-0.15, -0.1) is 0 Å². The van der Waals surface area contributed by atoms with Gasteiger partial charge < -0.3 is 14.7 Å². The summed E-state index contributed by atoms with van der Waals surface area (Å²) in [5.41, 5.74) is 2.13. The number of anilines is 2. The molecule has 5 rings (SSSR count). The zero-order valence-corrected chi connectivity index (χ0v) is 16.1. The van der Waals surface area contributed by atoms with E-state index in [1.807, 2.05) is 29.9 Å². The lowest BCUT2D eigenvalue weighted by Gasteiger charge is -2.33. The molecule has 2 unspecified atom stereocenters. The van der Waals surface area contributed by atoms with Crippen LogP contribution in [0.4, 0.5) is 16.3 Å². The summed E-state index contributed by atoms with van der Waals surface area (Å²) in [4.78, 5) is 22.8. The third-order valence-electron chi connectivity index (χ3n) is 5.51. The second-order valence-electron chi connectivity index (χ2n) is 7.44. The number of carbonyl (C=O) groups is 1. The van der Waals surface area contributed by atoms with Crippen molar-refractivity contribution in [2.75, 3.05) is 23.3 Å². The van der Waals surface area contributed by atoms with Crippen molar-refractivity contribution in [2.45, 2.75) is 38.5 Å². The maximum absolute atomic E-state index is 10.8. The number of hydrogen-bond acceptors (Lipinski definition) is 6. The molecule has 1 amide bonds. The number of aromatic nitrogens is 4. The fourth-order valence-corrected chi connectivity index (χ4v) is 4.16. The Labute approximate surface area is 167 Å². The quantitative estimate of drug-likeness (QED) is 0.701. The summed E-state index contributed by atoms with van der Waals surface area (Å²) in [6, 6.07) is 7.07. The minimum Gasteiger partial charge on any atom is -0.465 e. The van der Waals surface area contributed by atoms with Crippen LogP contribution in [0.1, 0.15) is 19.8 Å². The van der Waals surface area contributed by atoms with Crippen molar-refractivity contribution >= 4 is 28.6 Å². The van der Waals surface area contributed by atoms with Gasteiger partial charge in [0, 0.05) is 30.9 Å². The number of morpholine rings is 1. The lowest BCUT2D eigenvalue weighted by molar-refractivity contribution is 0.0303. The molecule has 2 aliphatic heterocycles. The van der Waals surface area contributed by atoms with Gasteiger partial charge in [-0.3, -0.25) is 5.32 Å². The normalized spacial score (nSPS) is 20.9. The molecule has 0 aliphatic carbocycles. The molecule has 2 atom stereocenters. The molecular weight excluding hydrogens is 372 g/mol. The topological polar surface area (TPSA) is 105 Å². The van der Waals surface area contributed by atoms with Crippen LogP contribution in [0.2, 0.25) is 0 Å². The number of rotatable bonds is 4. The maximum atomic E-state index is 10.8. The molecule has 29 heavy (non-hydrogen) atoms. The van der Waals surface area contributed by atoms with Crippen LogP contribution < -0.4 is 10.2 Å². The highest BCUT2D eigenvalue weighted by Gasteiger charge is 2.35. The van der Waals surface area contributed by atoms with Crippen molar-refractivity contribution in [1.29, 1.82) is 0 Å². The van der Waals surface area contributed by atoms with E-state index in [0.717, 1.165) is 54.9 Å². The highest BCUT2D eigenvalue weighted by atomic mass is 16.5. The Morgan fingerprint density at radius 3 is 2.59 bits per heavy atom. The number of aryl methyl sites for hydroxylation is 1. The van der Waals surface area contributed by atoms with Crippen LogP contribution in [0, 0.1) is 0 Å². The summed E-state index contributed by atoms with van der Waals surface area (Å²) >= 11 is 0. The van der Waals surface area contributed by atoms with E-state index in [4.69, 9.17) is 19.8 Å². The molecule has 2 saturated heterocycles. The van der Waals surface area contributed by atoms with Crippen LogP contribution in [0.25, 0.3) is 22.4 Å². The fraction of sp³-hybridized carbons (Fsp3) is 0.400. The highest BCUT2D eigenvalue weighted by Crippen LogP contribution is 2.33. The first-order valence-electron chi connectivity index (χ1n) is 9.85. The Bertz CT molecular complexity index is 1050. The predicted molar refractivity (Wildman–Crippen MR) is 108 cm³/mol. The van der Waals surface area contributed by atoms with E-state index in [0.29, 0.717) is 11.5 Å². The van der Waals surface area contributed by atoms with E-state index in [-0.39, 0.29) is 12.2 Å². The van der Waals surface area contributed by atoms with Gasteiger partial charge >= 0.3 is 6.09 Å². The first-order chi connectivity index (χ1) is 14.1. The number of fused-ring (bicyclic) bond motifs is 3. The zero-order valence-electron chi connectivity index (χ0n) is 16.1. The van der Waals surface area contributed by atoms with E-state index >= 15 is 0 Å². The second kappa shape index (κ2) is 7.00. The van der Waals surface area contributed by atoms with Gasteiger partial charge in [0.2, 0.25) is 0 Å². The van der Waals surface area contributed by atoms with Gasteiger partial charge in [-0.2, -0.15) is 5.10 Å². The minimum absolute atomic E-state index is 0.254. The van der Waals surface area contributed by atoms with Gasteiger partial charge in [0.15, 0.2) is 11.5 Å². The van der Waals surface area contributed by atoms with Crippen molar-refractivity contribution in [3.8, 4) is 11.4 Å². The summed E-state index contributed by atoms with van der Waals surface area (Å²) < 4.78 is 7.86. The molecule has 9 nitrogen and oxygen atoms in total. The summed E-state index contributed by atoms with van der Waals surface area (Å²) in [6.07, 6.45) is 3.44. The molecule has 150 valence electrons. The van der Waals surface area contributed by atoms with Crippen molar-refractivity contribution in [2.24, 2.45) is 0 Å². The summed E-state index contributed by atoms with van der Waals surface area (Å²) in [6.45, 7) is 4.39. The molecule has 2 fully saturated rings. The first-order valence-corrected chi connectivity index (χ1v) is 9.85. The largest absolute Gasteiger partial charge is 0.465 e. The summed E-state index contributed by atoms with van der Waals surface area (Å²) in [5, 5.41) is 16.7. The standard InChI is InChI=1S/C20H22N6O3/c1-2-26-19-16(9-21-26)18(25-10-14-7-8-15(11-25)29-14)23-17(24-19)12-3-5-13(6-4-12)22-20(27)28/h3-6,9,14-15,22H,2,7-8,10-11H2,1H3,(H,27,28). The van der Waals surface area contributed by atoms with Crippen LogP contribution in [-0.2, 0) is 11.3 Å². The van der Waals surface area contributed by atoms with E-state index in [1.54, 1.807) is 12.1 Å². The number of nitrogens with one attached hydrogen (secondary N) is 1. The Morgan fingerprint density at radius 2 is 1.93 bits per heavy atom. The number of benzene rings is 1. The van der Waals surface area contributed by atoms with Crippen molar-refractivity contribution in [3.63, 3.8) is 0 Å². The van der Waals surface area contributed by atoms with E-state index in [2.05, 4.69) is 15.3 Å². The molecule has 0 spiro atoms. The highest BCUT2D eigenvalue weighted by molar-refractivity contribution is 5.89. The smallest absolute Gasteiger partial charge is 0.409 e. The molecule has 2 bridgehead atoms. The fourth-order valence-electron chi connectivity index (χ4n) is 4.16. The number of carboxylic acid groups (broad SMARTS) is 1. The molecule has 2 aromatic heterocycles. The molecule has 4 heterocycles. The average Bonchev–Trinajstić information content (AvgIpc) is 3.29. The van der Waals surface area contributed by atoms with E-state index in [1.165, 1.54) is 0 Å². The summed E-state index contributed by atoms with van der Waals surface area (Å²) in [5.74, 6) is 1.49. The Morgan fingerprint density at radius 1 is 1.21 bits per heavy atom. The van der Waals surface area contributed by atoms with Crippen molar-refractivity contribution in [1.82, 2.24) is 19.7 Å². The van der Waals surface area contributed by atoms with Gasteiger partial charge in [-0.1, -0.05) is 0 Å². The summed E-state index contributed by atoms with van der Waals surface area (Å²) in [7, 11) is 0. The number of hydrogen-bond donors (Lipinski definition) is 2. The number of ether oxygens (including phenoxy) is 1. The van der Waals surface area contributed by atoms with Gasteiger partial charge in [-0.05, 0) is 44.0 Å².